The normalized spacial score (nSPS) is 15.2. The molecule has 3 aromatic heterocycles. The summed E-state index contributed by atoms with van der Waals surface area (Å²) < 4.78 is 2.08. The molecule has 0 radical (unpaired) electrons. The topological polar surface area (TPSA) is 95.6 Å². The van der Waals surface area contributed by atoms with E-state index in [0.29, 0.717) is 5.82 Å². The van der Waals surface area contributed by atoms with Gasteiger partial charge < -0.3 is 11.5 Å². The molecular formula is C26H22N6. The Labute approximate surface area is 185 Å². The maximum Gasteiger partial charge on any atom is 0.165 e. The Hall–Kier alpha value is -4.03. The van der Waals surface area contributed by atoms with Gasteiger partial charge in [-0.15, -0.1) is 0 Å². The van der Waals surface area contributed by atoms with Gasteiger partial charge in [0.25, 0.3) is 0 Å². The van der Waals surface area contributed by atoms with E-state index in [0.717, 1.165) is 52.3 Å². The quantitative estimate of drug-likeness (QED) is 0.444. The summed E-state index contributed by atoms with van der Waals surface area (Å²) in [6.07, 6.45) is 3.64. The van der Waals surface area contributed by atoms with Crippen LogP contribution in [-0.4, -0.2) is 19.5 Å². The monoisotopic (exact) mass is 418 g/mol. The molecule has 6 nitrogen and oxygen atoms in total. The van der Waals surface area contributed by atoms with Gasteiger partial charge in [-0.05, 0) is 60.4 Å². The molecule has 0 bridgehead atoms. The summed E-state index contributed by atoms with van der Waals surface area (Å²) >= 11 is 0. The summed E-state index contributed by atoms with van der Waals surface area (Å²) in [5.41, 5.74) is 20.3. The third kappa shape index (κ3) is 2.96. The van der Waals surface area contributed by atoms with Crippen LogP contribution in [0.4, 0.5) is 5.82 Å². The van der Waals surface area contributed by atoms with Crippen LogP contribution in [0.5, 0.6) is 0 Å². The highest BCUT2D eigenvalue weighted by molar-refractivity contribution is 5.84. The van der Waals surface area contributed by atoms with Crippen LogP contribution in [0.2, 0.25) is 0 Å². The summed E-state index contributed by atoms with van der Waals surface area (Å²) in [5, 5.41) is 0. The van der Waals surface area contributed by atoms with Crippen LogP contribution in [0.1, 0.15) is 23.6 Å². The maximum atomic E-state index is 6.27. The van der Waals surface area contributed by atoms with E-state index >= 15 is 0 Å². The number of imidazole rings is 1. The van der Waals surface area contributed by atoms with Gasteiger partial charge in [-0.25, -0.2) is 15.0 Å². The minimum Gasteiger partial charge on any atom is -0.383 e. The molecule has 3 heterocycles. The number of hydrogen-bond acceptors (Lipinski definition) is 5. The fourth-order valence-corrected chi connectivity index (χ4v) is 4.53. The summed E-state index contributed by atoms with van der Waals surface area (Å²) in [6.45, 7) is 0. The molecule has 4 N–H and O–H groups in total. The summed E-state index contributed by atoms with van der Waals surface area (Å²) in [6, 6.07) is 24.5. The van der Waals surface area contributed by atoms with Crippen molar-refractivity contribution >= 4 is 17.0 Å². The first-order valence-electron chi connectivity index (χ1n) is 10.7. The molecule has 0 aliphatic heterocycles. The minimum absolute atomic E-state index is 0.106. The predicted molar refractivity (Wildman–Crippen MR) is 127 cm³/mol. The van der Waals surface area contributed by atoms with Crippen LogP contribution in [0, 0.1) is 0 Å². The zero-order chi connectivity index (χ0) is 21.7. The highest BCUT2D eigenvalue weighted by atomic mass is 15.1. The lowest BCUT2D eigenvalue weighted by atomic mass is 10.1. The molecule has 32 heavy (non-hydrogen) atoms. The van der Waals surface area contributed by atoms with Gasteiger partial charge in [-0.1, -0.05) is 36.4 Å². The van der Waals surface area contributed by atoms with Crippen molar-refractivity contribution in [2.75, 3.05) is 5.73 Å². The third-order valence-corrected chi connectivity index (χ3v) is 6.16. The molecule has 1 atom stereocenters. The van der Waals surface area contributed by atoms with E-state index in [9.17, 15) is 0 Å². The van der Waals surface area contributed by atoms with Crippen molar-refractivity contribution in [1.82, 2.24) is 19.5 Å². The van der Waals surface area contributed by atoms with Crippen molar-refractivity contribution < 1.29 is 0 Å². The van der Waals surface area contributed by atoms with Gasteiger partial charge in [0.15, 0.2) is 11.5 Å². The van der Waals surface area contributed by atoms with Gasteiger partial charge >= 0.3 is 0 Å². The molecule has 6 heteroatoms. The van der Waals surface area contributed by atoms with E-state index in [-0.39, 0.29) is 6.04 Å². The molecular weight excluding hydrogens is 396 g/mol. The van der Waals surface area contributed by atoms with Crippen LogP contribution in [0.15, 0.2) is 79.0 Å². The Morgan fingerprint density at radius 2 is 1.78 bits per heavy atom. The lowest BCUT2D eigenvalue weighted by Gasteiger charge is -2.13. The van der Waals surface area contributed by atoms with Gasteiger partial charge in [0.1, 0.15) is 11.3 Å². The van der Waals surface area contributed by atoms with E-state index < -0.39 is 0 Å². The van der Waals surface area contributed by atoms with Crippen LogP contribution in [0.3, 0.4) is 0 Å². The minimum atomic E-state index is 0.106. The number of nitrogens with two attached hydrogens (primary N) is 2. The molecule has 1 aliphatic rings. The molecule has 0 unspecified atom stereocenters. The highest BCUT2D eigenvalue weighted by Crippen LogP contribution is 2.35. The van der Waals surface area contributed by atoms with Gasteiger partial charge in [-0.3, -0.25) is 4.57 Å². The summed E-state index contributed by atoms with van der Waals surface area (Å²) in [7, 11) is 0. The van der Waals surface area contributed by atoms with Crippen molar-refractivity contribution in [3.8, 4) is 28.3 Å². The number of benzene rings is 2. The van der Waals surface area contributed by atoms with Crippen molar-refractivity contribution in [3.05, 3.63) is 90.1 Å². The molecule has 0 saturated heterocycles. The molecule has 156 valence electrons. The number of fused-ring (bicyclic) bond motifs is 2. The van der Waals surface area contributed by atoms with Crippen LogP contribution < -0.4 is 11.5 Å². The van der Waals surface area contributed by atoms with E-state index in [1.54, 1.807) is 6.20 Å². The first-order chi connectivity index (χ1) is 15.7. The SMILES string of the molecule is Nc1ncccc1-c1nc2ccc(-c3ccccc3)nc2n1-c1ccc2c(c1)CC[C@@H]2N. The molecule has 5 aromatic rings. The first-order valence-corrected chi connectivity index (χ1v) is 10.7. The second-order valence-corrected chi connectivity index (χ2v) is 8.14. The van der Waals surface area contributed by atoms with E-state index in [1.165, 1.54) is 11.1 Å². The Morgan fingerprint density at radius 3 is 2.62 bits per heavy atom. The van der Waals surface area contributed by atoms with E-state index in [2.05, 4.69) is 39.9 Å². The Balaban J connectivity index is 1.63. The van der Waals surface area contributed by atoms with Crippen LogP contribution in [0.25, 0.3) is 39.5 Å². The fourth-order valence-electron chi connectivity index (χ4n) is 4.53. The Morgan fingerprint density at radius 1 is 0.906 bits per heavy atom. The third-order valence-electron chi connectivity index (χ3n) is 6.16. The van der Waals surface area contributed by atoms with Crippen LogP contribution in [-0.2, 0) is 6.42 Å². The smallest absolute Gasteiger partial charge is 0.165 e. The zero-order valence-electron chi connectivity index (χ0n) is 17.4. The largest absolute Gasteiger partial charge is 0.383 e. The van der Waals surface area contributed by atoms with Gasteiger partial charge in [0, 0.05) is 23.5 Å². The molecule has 0 amide bonds. The summed E-state index contributed by atoms with van der Waals surface area (Å²) in [4.78, 5) is 14.2. The number of pyridine rings is 2. The zero-order valence-corrected chi connectivity index (χ0v) is 17.4. The van der Waals surface area contributed by atoms with Crippen molar-refractivity contribution in [2.45, 2.75) is 18.9 Å². The maximum absolute atomic E-state index is 6.27. The molecule has 0 spiro atoms. The number of nitrogens with zero attached hydrogens (tertiary/aromatic N) is 4. The molecule has 6 rings (SSSR count). The number of nitrogen functional groups attached to an aromatic ring is 1. The van der Waals surface area contributed by atoms with Gasteiger partial charge in [0.05, 0.1) is 11.3 Å². The van der Waals surface area contributed by atoms with E-state index in [4.69, 9.17) is 21.4 Å². The van der Waals surface area contributed by atoms with Crippen molar-refractivity contribution in [2.24, 2.45) is 5.73 Å². The molecule has 0 fully saturated rings. The Kier molecular flexibility index (Phi) is 4.26. The average Bonchev–Trinajstić information content (AvgIpc) is 3.39. The molecule has 2 aromatic carbocycles. The summed E-state index contributed by atoms with van der Waals surface area (Å²) in [5.74, 6) is 1.17. The average molecular weight is 419 g/mol. The van der Waals surface area contributed by atoms with Crippen molar-refractivity contribution in [3.63, 3.8) is 0 Å². The number of aryl methyl sites for hydroxylation is 1. The van der Waals surface area contributed by atoms with Crippen LogP contribution >= 0.6 is 0 Å². The second-order valence-electron chi connectivity index (χ2n) is 8.14. The number of rotatable bonds is 3. The number of aromatic nitrogens is 4. The Bertz CT molecular complexity index is 1450. The van der Waals surface area contributed by atoms with Gasteiger partial charge in [0.2, 0.25) is 0 Å². The standard InChI is InChI=1S/C26H22N6/c27-21-11-8-17-15-18(9-10-19(17)21)32-25(20-7-4-14-29-24(20)28)31-23-13-12-22(30-26(23)32)16-5-2-1-3-6-16/h1-7,9-10,12-15,21H,8,11,27H2,(H2,28,29)/t21-/m0/s1. The first kappa shape index (κ1) is 18.7. The lowest BCUT2D eigenvalue weighted by Crippen LogP contribution is -2.06. The molecule has 0 saturated carbocycles. The van der Waals surface area contributed by atoms with Crippen molar-refractivity contribution in [1.29, 1.82) is 0 Å². The number of anilines is 1. The lowest BCUT2D eigenvalue weighted by molar-refractivity contribution is 0.713. The number of hydrogen-bond donors (Lipinski definition) is 2. The van der Waals surface area contributed by atoms with Gasteiger partial charge in [-0.2, -0.15) is 0 Å². The fraction of sp³-hybridized carbons (Fsp3) is 0.115. The second kappa shape index (κ2) is 7.28. The predicted octanol–water partition coefficient (Wildman–Crippen LogP) is 4.68. The van der Waals surface area contributed by atoms with E-state index in [1.807, 2.05) is 42.5 Å². The molecule has 1 aliphatic carbocycles. The highest BCUT2D eigenvalue weighted by Gasteiger charge is 2.22.